The summed E-state index contributed by atoms with van der Waals surface area (Å²) in [6, 6.07) is 20.9. The normalized spacial score (nSPS) is 15.9. The zero-order chi connectivity index (χ0) is 31.7. The molecule has 1 atom stereocenters. The molecule has 0 saturated carbocycles. The molecule has 1 saturated heterocycles. The predicted octanol–water partition coefficient (Wildman–Crippen LogP) is 5.96. The van der Waals surface area contributed by atoms with E-state index >= 15 is 0 Å². The van der Waals surface area contributed by atoms with Gasteiger partial charge in [-0.2, -0.15) is 0 Å². The van der Waals surface area contributed by atoms with Gasteiger partial charge in [-0.25, -0.2) is 14.8 Å². The van der Waals surface area contributed by atoms with Crippen LogP contribution in [-0.4, -0.2) is 43.7 Å². The van der Waals surface area contributed by atoms with E-state index in [2.05, 4.69) is 16.5 Å². The second kappa shape index (κ2) is 12.2. The number of benzene rings is 2. The summed E-state index contributed by atoms with van der Waals surface area (Å²) in [5.41, 5.74) is 2.98. The number of nitrogens with zero attached hydrogens (tertiary/aromatic N) is 4. The average Bonchev–Trinajstić information content (AvgIpc) is 3.69. The maximum atomic E-state index is 13.8. The maximum Gasteiger partial charge on any atom is 0.350 e. The van der Waals surface area contributed by atoms with Crippen molar-refractivity contribution in [2.45, 2.75) is 26.5 Å². The Hall–Kier alpha value is -5.55. The SMILES string of the molecule is C=CCOC(=O)c1sc(N2C(=O)C(=O)/C(=C(/O)c3c(C)nc4ccccn34)C2c2cccc(OCc3ccccc3)c2)nc1C. The standard InChI is InChI=1S/C34H28N4O6S/c1-4-17-43-33(42)31-21(3)36-34(45-31)38-28(23-13-10-14-24(18-23)44-19-22-11-6-5-7-12-22)26(30(40)32(38)41)29(39)27-20(2)35-25-15-8-9-16-37(25)27/h4-16,18,28,39H,1,17,19H2,2-3H3/b29-26+. The minimum Gasteiger partial charge on any atom is -0.505 e. The molecule has 1 aliphatic heterocycles. The molecule has 45 heavy (non-hydrogen) atoms. The Kier molecular flexibility index (Phi) is 8.01. The number of aliphatic hydroxyl groups is 1. The lowest BCUT2D eigenvalue weighted by Gasteiger charge is -2.23. The molecule has 10 nitrogen and oxygen atoms in total. The summed E-state index contributed by atoms with van der Waals surface area (Å²) in [6.07, 6.45) is 3.17. The minimum absolute atomic E-state index is 0.00442. The van der Waals surface area contributed by atoms with E-state index in [1.165, 1.54) is 11.0 Å². The molecule has 5 aromatic rings. The fourth-order valence-corrected chi connectivity index (χ4v) is 6.25. The molecule has 3 aromatic heterocycles. The van der Waals surface area contributed by atoms with Gasteiger partial charge in [0.25, 0.3) is 5.78 Å². The highest BCUT2D eigenvalue weighted by Crippen LogP contribution is 2.45. The number of pyridine rings is 1. The molecule has 1 aliphatic rings. The molecule has 0 bridgehead atoms. The zero-order valence-corrected chi connectivity index (χ0v) is 25.3. The maximum absolute atomic E-state index is 13.8. The summed E-state index contributed by atoms with van der Waals surface area (Å²) in [5.74, 6) is -2.31. The van der Waals surface area contributed by atoms with E-state index in [0.29, 0.717) is 35.0 Å². The number of fused-ring (bicyclic) bond motifs is 1. The largest absolute Gasteiger partial charge is 0.505 e. The van der Waals surface area contributed by atoms with E-state index in [-0.39, 0.29) is 33.6 Å². The molecule has 0 spiro atoms. The highest BCUT2D eigenvalue weighted by atomic mass is 32.1. The monoisotopic (exact) mass is 620 g/mol. The molecule has 1 amide bonds. The minimum atomic E-state index is -1.10. The van der Waals surface area contributed by atoms with E-state index in [1.807, 2.05) is 36.4 Å². The summed E-state index contributed by atoms with van der Waals surface area (Å²) in [6.45, 7) is 7.21. The van der Waals surface area contributed by atoms with Gasteiger partial charge < -0.3 is 14.6 Å². The van der Waals surface area contributed by atoms with Crippen LogP contribution in [-0.2, 0) is 20.9 Å². The van der Waals surface area contributed by atoms with E-state index in [0.717, 1.165) is 16.9 Å². The summed E-state index contributed by atoms with van der Waals surface area (Å²) in [5, 5.41) is 11.9. The van der Waals surface area contributed by atoms with Gasteiger partial charge in [-0.1, -0.05) is 72.5 Å². The summed E-state index contributed by atoms with van der Waals surface area (Å²) in [4.78, 5) is 50.8. The van der Waals surface area contributed by atoms with Gasteiger partial charge in [-0.3, -0.25) is 18.9 Å². The second-order valence-corrected chi connectivity index (χ2v) is 11.3. The molecule has 11 heteroatoms. The van der Waals surface area contributed by atoms with Crippen molar-refractivity contribution in [3.8, 4) is 5.75 Å². The van der Waals surface area contributed by atoms with Gasteiger partial charge >= 0.3 is 11.9 Å². The van der Waals surface area contributed by atoms with E-state index < -0.39 is 23.7 Å². The number of carbonyl (C=O) groups is 3. The third-order valence-corrected chi connectivity index (χ3v) is 8.44. The number of hydrogen-bond donors (Lipinski definition) is 1. The number of aryl methyl sites for hydroxylation is 2. The van der Waals surface area contributed by atoms with Crippen molar-refractivity contribution < 1.29 is 29.0 Å². The van der Waals surface area contributed by atoms with Gasteiger partial charge in [-0.05, 0) is 49.2 Å². The fourth-order valence-electron chi connectivity index (χ4n) is 5.26. The number of anilines is 1. The highest BCUT2D eigenvalue weighted by molar-refractivity contribution is 7.17. The van der Waals surface area contributed by atoms with Gasteiger partial charge in [0.15, 0.2) is 10.9 Å². The highest BCUT2D eigenvalue weighted by Gasteiger charge is 2.49. The van der Waals surface area contributed by atoms with Gasteiger partial charge in [0.05, 0.1) is 23.0 Å². The van der Waals surface area contributed by atoms with Crippen molar-refractivity contribution >= 4 is 45.5 Å². The first-order chi connectivity index (χ1) is 21.8. The Labute approximate surface area is 262 Å². The molecule has 2 aromatic carbocycles. The van der Waals surface area contributed by atoms with Crippen LogP contribution >= 0.6 is 11.3 Å². The van der Waals surface area contributed by atoms with E-state index in [1.54, 1.807) is 60.8 Å². The van der Waals surface area contributed by atoms with Crippen molar-refractivity contribution in [2.24, 2.45) is 0 Å². The molecule has 1 fully saturated rings. The first-order valence-electron chi connectivity index (χ1n) is 14.1. The zero-order valence-electron chi connectivity index (χ0n) is 24.5. The van der Waals surface area contributed by atoms with Crippen molar-refractivity contribution in [1.82, 2.24) is 14.4 Å². The molecule has 4 heterocycles. The van der Waals surface area contributed by atoms with Crippen LogP contribution in [0.15, 0.2) is 97.2 Å². The summed E-state index contributed by atoms with van der Waals surface area (Å²) >= 11 is 0.928. The number of carbonyl (C=O) groups excluding carboxylic acids is 3. The number of aromatic nitrogens is 3. The Morgan fingerprint density at radius 1 is 1.02 bits per heavy atom. The third kappa shape index (κ3) is 5.49. The lowest BCUT2D eigenvalue weighted by Crippen LogP contribution is -2.29. The van der Waals surface area contributed by atoms with Crippen LogP contribution in [0.25, 0.3) is 11.4 Å². The first-order valence-corrected chi connectivity index (χ1v) is 14.9. The van der Waals surface area contributed by atoms with Crippen molar-refractivity contribution in [3.63, 3.8) is 0 Å². The molecule has 1 N–H and O–H groups in total. The van der Waals surface area contributed by atoms with E-state index in [9.17, 15) is 19.5 Å². The van der Waals surface area contributed by atoms with Crippen LogP contribution < -0.4 is 9.64 Å². The van der Waals surface area contributed by atoms with Crippen molar-refractivity contribution in [3.05, 3.63) is 130 Å². The van der Waals surface area contributed by atoms with Crippen LogP contribution in [0.3, 0.4) is 0 Å². The molecular weight excluding hydrogens is 592 g/mol. The number of imidazole rings is 1. The summed E-state index contributed by atoms with van der Waals surface area (Å²) in [7, 11) is 0. The van der Waals surface area contributed by atoms with Crippen LogP contribution in [0.2, 0.25) is 0 Å². The molecule has 1 unspecified atom stereocenters. The lowest BCUT2D eigenvalue weighted by atomic mass is 9.96. The molecule has 0 radical (unpaired) electrons. The molecule has 0 aliphatic carbocycles. The van der Waals surface area contributed by atoms with Crippen LogP contribution in [0.4, 0.5) is 5.13 Å². The lowest BCUT2D eigenvalue weighted by molar-refractivity contribution is -0.132. The smallest absolute Gasteiger partial charge is 0.350 e. The number of esters is 1. The molecule has 226 valence electrons. The van der Waals surface area contributed by atoms with Gasteiger partial charge in [0, 0.05) is 6.20 Å². The van der Waals surface area contributed by atoms with Crippen molar-refractivity contribution in [2.75, 3.05) is 11.5 Å². The average molecular weight is 621 g/mol. The third-order valence-electron chi connectivity index (χ3n) is 7.30. The van der Waals surface area contributed by atoms with Crippen molar-refractivity contribution in [1.29, 1.82) is 0 Å². The number of aliphatic hydroxyl groups excluding tert-OH is 1. The van der Waals surface area contributed by atoms with Crippen LogP contribution in [0.1, 0.15) is 43.9 Å². The molecular formula is C34H28N4O6S. The van der Waals surface area contributed by atoms with Gasteiger partial charge in [0.2, 0.25) is 0 Å². The van der Waals surface area contributed by atoms with Crippen LogP contribution in [0, 0.1) is 13.8 Å². The number of hydrogen-bond acceptors (Lipinski definition) is 9. The molecule has 6 rings (SSSR count). The topological polar surface area (TPSA) is 123 Å². The van der Waals surface area contributed by atoms with E-state index in [4.69, 9.17) is 9.47 Å². The first kappa shape index (κ1) is 29.5. The Balaban J connectivity index is 1.49. The summed E-state index contributed by atoms with van der Waals surface area (Å²) < 4.78 is 12.9. The van der Waals surface area contributed by atoms with Crippen LogP contribution in [0.5, 0.6) is 5.75 Å². The predicted molar refractivity (Wildman–Crippen MR) is 169 cm³/mol. The number of Topliss-reactive ketones (excluding diaryl/α,β-unsaturated/α-hetero) is 1. The van der Waals surface area contributed by atoms with Gasteiger partial charge in [-0.15, -0.1) is 0 Å². The fraction of sp³-hybridized carbons (Fsp3) is 0.147. The Morgan fingerprint density at radius 3 is 2.58 bits per heavy atom. The Morgan fingerprint density at radius 2 is 1.80 bits per heavy atom. The number of rotatable bonds is 9. The number of thiazole rings is 1. The second-order valence-electron chi connectivity index (χ2n) is 10.3. The number of ether oxygens (including phenoxy) is 2. The number of ketones is 1. The number of amides is 1. The quantitative estimate of drug-likeness (QED) is 0.0705. The Bertz CT molecular complexity index is 1990. The van der Waals surface area contributed by atoms with Gasteiger partial charge in [0.1, 0.15) is 35.2 Å².